The summed E-state index contributed by atoms with van der Waals surface area (Å²) in [6.07, 6.45) is 2.26. The lowest BCUT2D eigenvalue weighted by Gasteiger charge is -2.14. The molecule has 1 aromatic heterocycles. The Kier molecular flexibility index (Phi) is 3.17. The molecule has 0 spiro atoms. The quantitative estimate of drug-likeness (QED) is 0.792. The Bertz CT molecular complexity index is 577. The molecule has 98 valence electrons. The third-order valence-corrected chi connectivity index (χ3v) is 3.54. The number of Topliss-reactive ketones (excluding diaryl/α,β-unsaturated/α-hetero) is 1. The van der Waals surface area contributed by atoms with Gasteiger partial charge in [-0.05, 0) is 30.5 Å². The van der Waals surface area contributed by atoms with E-state index in [0.29, 0.717) is 12.3 Å². The normalized spacial score (nSPS) is 22.6. The lowest BCUT2D eigenvalue weighted by atomic mass is 9.99. The van der Waals surface area contributed by atoms with Gasteiger partial charge in [-0.15, -0.1) is 0 Å². The molecule has 2 unspecified atom stereocenters. The van der Waals surface area contributed by atoms with Crippen LogP contribution >= 0.6 is 0 Å². The highest BCUT2D eigenvalue weighted by molar-refractivity contribution is 5.98. The van der Waals surface area contributed by atoms with E-state index in [1.165, 1.54) is 0 Å². The second-order valence-corrected chi connectivity index (χ2v) is 4.89. The van der Waals surface area contributed by atoms with Gasteiger partial charge >= 0.3 is 0 Å². The van der Waals surface area contributed by atoms with Crippen molar-refractivity contribution in [1.82, 2.24) is 9.78 Å². The first-order chi connectivity index (χ1) is 9.27. The molecule has 1 saturated heterocycles. The van der Waals surface area contributed by atoms with Gasteiger partial charge in [0, 0.05) is 6.61 Å². The summed E-state index contributed by atoms with van der Waals surface area (Å²) < 4.78 is 7.23. The van der Waals surface area contributed by atoms with Crippen LogP contribution in [0.2, 0.25) is 0 Å². The zero-order valence-electron chi connectivity index (χ0n) is 10.8. The van der Waals surface area contributed by atoms with Crippen LogP contribution < -0.4 is 0 Å². The van der Waals surface area contributed by atoms with Gasteiger partial charge in [0.15, 0.2) is 0 Å². The molecule has 4 nitrogen and oxygen atoms in total. The van der Waals surface area contributed by atoms with Crippen molar-refractivity contribution < 1.29 is 9.53 Å². The molecule has 1 aliphatic rings. The summed E-state index contributed by atoms with van der Waals surface area (Å²) in [5, 5.41) is 4.24. The Hall–Kier alpha value is -1.94. The number of hydrogen-bond acceptors (Lipinski definition) is 3. The lowest BCUT2D eigenvalue weighted by Crippen LogP contribution is -2.27. The predicted octanol–water partition coefficient (Wildman–Crippen LogP) is 2.48. The second kappa shape index (κ2) is 4.97. The van der Waals surface area contributed by atoms with E-state index >= 15 is 0 Å². The molecule has 1 fully saturated rings. The van der Waals surface area contributed by atoms with Crippen molar-refractivity contribution in [2.45, 2.75) is 19.4 Å². The first kappa shape index (κ1) is 12.1. The Morgan fingerprint density at radius 3 is 2.79 bits per heavy atom. The fourth-order valence-electron chi connectivity index (χ4n) is 2.44. The van der Waals surface area contributed by atoms with Crippen molar-refractivity contribution in [2.75, 3.05) is 6.61 Å². The molecule has 4 heteroatoms. The average Bonchev–Trinajstić information content (AvgIpc) is 3.07. The molecule has 2 atom stereocenters. The summed E-state index contributed by atoms with van der Waals surface area (Å²) in [5.74, 6) is 0.290. The van der Waals surface area contributed by atoms with E-state index in [-0.39, 0.29) is 17.8 Å². The van der Waals surface area contributed by atoms with Crippen LogP contribution in [0.15, 0.2) is 42.6 Å². The van der Waals surface area contributed by atoms with Crippen LogP contribution in [0.25, 0.3) is 5.69 Å². The maximum absolute atomic E-state index is 12.5. The summed E-state index contributed by atoms with van der Waals surface area (Å²) >= 11 is 0. The van der Waals surface area contributed by atoms with Crippen LogP contribution in [0.1, 0.15) is 23.8 Å². The summed E-state index contributed by atoms with van der Waals surface area (Å²) in [4.78, 5) is 12.5. The van der Waals surface area contributed by atoms with Crippen LogP contribution in [0, 0.1) is 5.92 Å². The first-order valence-electron chi connectivity index (χ1n) is 6.52. The number of para-hydroxylation sites is 1. The highest BCUT2D eigenvalue weighted by Crippen LogP contribution is 2.24. The molecule has 1 aliphatic heterocycles. The van der Waals surface area contributed by atoms with Gasteiger partial charge in [-0.25, -0.2) is 4.68 Å². The standard InChI is InChI=1S/C15H16N2O2/c1-11-8-10-19-15(11)14(18)13-7-9-16-17(13)12-5-3-2-4-6-12/h2-7,9,11,15H,8,10H2,1H3. The van der Waals surface area contributed by atoms with E-state index in [1.54, 1.807) is 16.9 Å². The van der Waals surface area contributed by atoms with Gasteiger partial charge in [0.05, 0.1) is 11.9 Å². The topological polar surface area (TPSA) is 44.1 Å². The zero-order valence-corrected chi connectivity index (χ0v) is 10.8. The molecule has 2 heterocycles. The van der Waals surface area contributed by atoms with Crippen molar-refractivity contribution in [1.29, 1.82) is 0 Å². The summed E-state index contributed by atoms with van der Waals surface area (Å²) in [6.45, 7) is 2.72. The van der Waals surface area contributed by atoms with Gasteiger partial charge < -0.3 is 4.74 Å². The smallest absolute Gasteiger partial charge is 0.210 e. The third kappa shape index (κ3) is 2.19. The molecule has 1 aromatic carbocycles. The SMILES string of the molecule is CC1CCOC1C(=O)c1ccnn1-c1ccccc1. The maximum atomic E-state index is 12.5. The molecule has 0 radical (unpaired) electrons. The monoisotopic (exact) mass is 256 g/mol. The van der Waals surface area contributed by atoms with Crippen molar-refractivity contribution >= 4 is 5.78 Å². The van der Waals surface area contributed by atoms with Gasteiger partial charge in [0.1, 0.15) is 11.8 Å². The number of ether oxygens (including phenoxy) is 1. The van der Waals surface area contributed by atoms with E-state index in [4.69, 9.17) is 4.74 Å². The second-order valence-electron chi connectivity index (χ2n) is 4.89. The molecular formula is C15H16N2O2. The first-order valence-corrected chi connectivity index (χ1v) is 6.52. The number of nitrogens with zero attached hydrogens (tertiary/aromatic N) is 2. The largest absolute Gasteiger partial charge is 0.370 e. The minimum Gasteiger partial charge on any atom is -0.370 e. The van der Waals surface area contributed by atoms with Crippen molar-refractivity contribution in [3.05, 3.63) is 48.3 Å². The van der Waals surface area contributed by atoms with Gasteiger partial charge in [-0.1, -0.05) is 25.1 Å². The number of carbonyl (C=O) groups excluding carboxylic acids is 1. The summed E-state index contributed by atoms with van der Waals surface area (Å²) in [7, 11) is 0. The lowest BCUT2D eigenvalue weighted by molar-refractivity contribution is 0.0571. The highest BCUT2D eigenvalue weighted by Gasteiger charge is 2.33. The van der Waals surface area contributed by atoms with Crippen LogP contribution in [0.5, 0.6) is 0 Å². The number of benzene rings is 1. The molecule has 0 amide bonds. The number of ketones is 1. The van der Waals surface area contributed by atoms with E-state index in [9.17, 15) is 4.79 Å². The van der Waals surface area contributed by atoms with E-state index in [1.807, 2.05) is 30.3 Å². The Labute approximate surface area is 112 Å². The number of carbonyl (C=O) groups is 1. The number of aromatic nitrogens is 2. The van der Waals surface area contributed by atoms with Gasteiger partial charge in [0.25, 0.3) is 0 Å². The highest BCUT2D eigenvalue weighted by atomic mass is 16.5. The molecule has 0 saturated carbocycles. The van der Waals surface area contributed by atoms with Crippen LogP contribution in [-0.2, 0) is 4.74 Å². The van der Waals surface area contributed by atoms with E-state index in [2.05, 4.69) is 12.0 Å². The van der Waals surface area contributed by atoms with Crippen molar-refractivity contribution in [2.24, 2.45) is 5.92 Å². The summed E-state index contributed by atoms with van der Waals surface area (Å²) in [5.41, 5.74) is 1.48. The minimum atomic E-state index is -0.334. The Balaban J connectivity index is 1.94. The van der Waals surface area contributed by atoms with Gasteiger partial charge in [0.2, 0.25) is 5.78 Å². The predicted molar refractivity (Wildman–Crippen MR) is 71.4 cm³/mol. The van der Waals surface area contributed by atoms with Gasteiger partial charge in [-0.2, -0.15) is 5.10 Å². The van der Waals surface area contributed by atoms with Crippen molar-refractivity contribution in [3.63, 3.8) is 0 Å². The number of hydrogen-bond donors (Lipinski definition) is 0. The molecule has 19 heavy (non-hydrogen) atoms. The summed E-state index contributed by atoms with van der Waals surface area (Å²) in [6, 6.07) is 11.4. The average molecular weight is 256 g/mol. The molecule has 0 aliphatic carbocycles. The van der Waals surface area contributed by atoms with Crippen LogP contribution in [0.4, 0.5) is 0 Å². The fourth-order valence-corrected chi connectivity index (χ4v) is 2.44. The fraction of sp³-hybridized carbons (Fsp3) is 0.333. The zero-order chi connectivity index (χ0) is 13.2. The van der Waals surface area contributed by atoms with Gasteiger partial charge in [-0.3, -0.25) is 4.79 Å². The molecule has 3 rings (SSSR count). The van der Waals surface area contributed by atoms with E-state index < -0.39 is 0 Å². The van der Waals surface area contributed by atoms with E-state index in [0.717, 1.165) is 12.1 Å². The maximum Gasteiger partial charge on any atom is 0.210 e. The molecule has 0 N–H and O–H groups in total. The minimum absolute atomic E-state index is 0.0198. The Morgan fingerprint density at radius 1 is 1.32 bits per heavy atom. The third-order valence-electron chi connectivity index (χ3n) is 3.54. The number of rotatable bonds is 3. The van der Waals surface area contributed by atoms with Crippen molar-refractivity contribution in [3.8, 4) is 5.69 Å². The van der Waals surface area contributed by atoms with Crippen LogP contribution in [-0.4, -0.2) is 28.3 Å². The van der Waals surface area contributed by atoms with Crippen LogP contribution in [0.3, 0.4) is 0 Å². The molecule has 2 aromatic rings. The molecular weight excluding hydrogens is 240 g/mol. The molecule has 0 bridgehead atoms. The Morgan fingerprint density at radius 2 is 2.11 bits per heavy atom.